The number of hydrogen-bond donors (Lipinski definition) is 0. The second kappa shape index (κ2) is 6.81. The van der Waals surface area contributed by atoms with Gasteiger partial charge in [0.25, 0.3) is 0 Å². The second-order valence-electron chi connectivity index (χ2n) is 4.25. The minimum atomic E-state index is -0.107. The standard InChI is InChI=1S/C16H18O3/c1-3-13(11-15-7-5-9-17-15)19-14(4-2)12-16-8-6-10-18-16/h3-10,13-14H,1-2,11-12H2. The van der Waals surface area contributed by atoms with Gasteiger partial charge in [-0.1, -0.05) is 12.2 Å². The Morgan fingerprint density at radius 2 is 1.42 bits per heavy atom. The fraction of sp³-hybridized carbons (Fsp3) is 0.250. The maximum absolute atomic E-state index is 5.94. The summed E-state index contributed by atoms with van der Waals surface area (Å²) in [7, 11) is 0. The fourth-order valence-corrected chi connectivity index (χ4v) is 1.85. The molecule has 0 spiro atoms. The maximum Gasteiger partial charge on any atom is 0.106 e. The molecular formula is C16H18O3. The first-order chi connectivity index (χ1) is 9.31. The van der Waals surface area contributed by atoms with Gasteiger partial charge in [0.05, 0.1) is 24.7 Å². The molecule has 0 radical (unpaired) electrons. The molecule has 2 aromatic heterocycles. The topological polar surface area (TPSA) is 35.5 Å². The molecule has 0 aromatic carbocycles. The summed E-state index contributed by atoms with van der Waals surface area (Å²) in [5.74, 6) is 1.76. The van der Waals surface area contributed by atoms with Crippen molar-refractivity contribution >= 4 is 0 Å². The van der Waals surface area contributed by atoms with Crippen LogP contribution in [0.1, 0.15) is 11.5 Å². The van der Waals surface area contributed by atoms with E-state index in [1.807, 2.05) is 24.3 Å². The molecule has 19 heavy (non-hydrogen) atoms. The average Bonchev–Trinajstić information content (AvgIpc) is 3.10. The molecule has 0 aliphatic heterocycles. The molecule has 0 saturated carbocycles. The highest BCUT2D eigenvalue weighted by Gasteiger charge is 2.15. The van der Waals surface area contributed by atoms with Crippen molar-refractivity contribution in [3.05, 3.63) is 73.6 Å². The summed E-state index contributed by atoms with van der Waals surface area (Å²) in [5, 5.41) is 0. The Morgan fingerprint density at radius 1 is 0.947 bits per heavy atom. The van der Waals surface area contributed by atoms with Crippen LogP contribution in [0, 0.1) is 0 Å². The summed E-state index contributed by atoms with van der Waals surface area (Å²) in [6.45, 7) is 7.60. The van der Waals surface area contributed by atoms with E-state index in [0.29, 0.717) is 12.8 Å². The third kappa shape index (κ3) is 4.00. The lowest BCUT2D eigenvalue weighted by Gasteiger charge is -2.19. The van der Waals surface area contributed by atoms with Crippen LogP contribution in [0.25, 0.3) is 0 Å². The molecule has 2 unspecified atom stereocenters. The van der Waals surface area contributed by atoms with Gasteiger partial charge in [0.1, 0.15) is 11.5 Å². The average molecular weight is 258 g/mol. The number of furan rings is 2. The fourth-order valence-electron chi connectivity index (χ4n) is 1.85. The summed E-state index contributed by atoms with van der Waals surface area (Å²) < 4.78 is 16.6. The van der Waals surface area contributed by atoms with Crippen LogP contribution in [0.3, 0.4) is 0 Å². The zero-order valence-corrected chi connectivity index (χ0v) is 10.8. The Kier molecular flexibility index (Phi) is 4.81. The molecule has 3 heteroatoms. The van der Waals surface area contributed by atoms with Crippen LogP contribution in [0.5, 0.6) is 0 Å². The van der Waals surface area contributed by atoms with Gasteiger partial charge in [0, 0.05) is 12.8 Å². The van der Waals surface area contributed by atoms with E-state index < -0.39 is 0 Å². The number of rotatable bonds is 8. The number of hydrogen-bond acceptors (Lipinski definition) is 3. The van der Waals surface area contributed by atoms with Crippen molar-refractivity contribution in [1.29, 1.82) is 0 Å². The van der Waals surface area contributed by atoms with Gasteiger partial charge in [-0.3, -0.25) is 0 Å². The third-order valence-corrected chi connectivity index (χ3v) is 2.84. The van der Waals surface area contributed by atoms with Crippen LogP contribution in [-0.2, 0) is 17.6 Å². The molecule has 2 rings (SSSR count). The normalized spacial score (nSPS) is 13.9. The van der Waals surface area contributed by atoms with Crippen molar-refractivity contribution in [3.8, 4) is 0 Å². The van der Waals surface area contributed by atoms with E-state index in [1.165, 1.54) is 0 Å². The first kappa shape index (κ1) is 13.4. The first-order valence-electron chi connectivity index (χ1n) is 6.27. The molecule has 0 amide bonds. The molecule has 3 nitrogen and oxygen atoms in total. The van der Waals surface area contributed by atoms with Crippen LogP contribution in [0.2, 0.25) is 0 Å². The minimum Gasteiger partial charge on any atom is -0.469 e. The Hall–Kier alpha value is -2.00. The highest BCUT2D eigenvalue weighted by atomic mass is 16.5. The van der Waals surface area contributed by atoms with Gasteiger partial charge < -0.3 is 13.6 Å². The van der Waals surface area contributed by atoms with E-state index in [4.69, 9.17) is 13.6 Å². The lowest BCUT2D eigenvalue weighted by molar-refractivity contribution is 0.0372. The summed E-state index contributed by atoms with van der Waals surface area (Å²) >= 11 is 0. The molecule has 0 aliphatic carbocycles. The van der Waals surface area contributed by atoms with Gasteiger partial charge in [-0.05, 0) is 24.3 Å². The predicted molar refractivity (Wildman–Crippen MR) is 73.9 cm³/mol. The SMILES string of the molecule is C=CC(Cc1ccco1)OC(C=C)Cc1ccco1. The molecular weight excluding hydrogens is 240 g/mol. The highest BCUT2D eigenvalue weighted by molar-refractivity contribution is 5.05. The molecule has 2 atom stereocenters. The summed E-state index contributed by atoms with van der Waals surface area (Å²) in [6, 6.07) is 7.58. The Bertz CT molecular complexity index is 436. The summed E-state index contributed by atoms with van der Waals surface area (Å²) in [4.78, 5) is 0. The van der Waals surface area contributed by atoms with Crippen molar-refractivity contribution in [1.82, 2.24) is 0 Å². The molecule has 2 aromatic rings. The van der Waals surface area contributed by atoms with Crippen molar-refractivity contribution < 1.29 is 13.6 Å². The van der Waals surface area contributed by atoms with Gasteiger partial charge >= 0.3 is 0 Å². The second-order valence-corrected chi connectivity index (χ2v) is 4.25. The monoisotopic (exact) mass is 258 g/mol. The van der Waals surface area contributed by atoms with E-state index in [-0.39, 0.29) is 12.2 Å². The van der Waals surface area contributed by atoms with Crippen LogP contribution in [0.4, 0.5) is 0 Å². The van der Waals surface area contributed by atoms with Crippen molar-refractivity contribution in [2.24, 2.45) is 0 Å². The third-order valence-electron chi connectivity index (χ3n) is 2.84. The Morgan fingerprint density at radius 3 is 1.74 bits per heavy atom. The zero-order chi connectivity index (χ0) is 13.5. The number of ether oxygens (including phenoxy) is 1. The Balaban J connectivity index is 1.91. The highest BCUT2D eigenvalue weighted by Crippen LogP contribution is 2.14. The van der Waals surface area contributed by atoms with E-state index >= 15 is 0 Å². The molecule has 0 bridgehead atoms. The smallest absolute Gasteiger partial charge is 0.106 e. The molecule has 0 aliphatic rings. The van der Waals surface area contributed by atoms with Gasteiger partial charge in [0.2, 0.25) is 0 Å². The van der Waals surface area contributed by atoms with Crippen LogP contribution in [-0.4, -0.2) is 12.2 Å². The molecule has 0 fully saturated rings. The minimum absolute atomic E-state index is 0.107. The van der Waals surface area contributed by atoms with E-state index in [9.17, 15) is 0 Å². The largest absolute Gasteiger partial charge is 0.469 e. The molecule has 100 valence electrons. The van der Waals surface area contributed by atoms with Gasteiger partial charge in [-0.2, -0.15) is 0 Å². The predicted octanol–water partition coefficient (Wildman–Crippen LogP) is 3.78. The van der Waals surface area contributed by atoms with E-state index in [1.54, 1.807) is 24.7 Å². The Labute approximate surface area is 113 Å². The van der Waals surface area contributed by atoms with Crippen molar-refractivity contribution in [3.63, 3.8) is 0 Å². The van der Waals surface area contributed by atoms with Crippen LogP contribution < -0.4 is 0 Å². The van der Waals surface area contributed by atoms with Crippen molar-refractivity contribution in [2.45, 2.75) is 25.0 Å². The van der Waals surface area contributed by atoms with Crippen LogP contribution in [0.15, 0.2) is 70.9 Å². The maximum atomic E-state index is 5.94. The van der Waals surface area contributed by atoms with Gasteiger partial charge in [0.15, 0.2) is 0 Å². The van der Waals surface area contributed by atoms with E-state index in [2.05, 4.69) is 13.2 Å². The molecule has 0 N–H and O–H groups in total. The summed E-state index contributed by atoms with van der Waals surface area (Å²) in [5.41, 5.74) is 0. The van der Waals surface area contributed by atoms with Gasteiger partial charge in [-0.25, -0.2) is 0 Å². The van der Waals surface area contributed by atoms with E-state index in [0.717, 1.165) is 11.5 Å². The quantitative estimate of drug-likeness (QED) is 0.676. The first-order valence-corrected chi connectivity index (χ1v) is 6.27. The lowest BCUT2D eigenvalue weighted by atomic mass is 10.1. The van der Waals surface area contributed by atoms with Crippen molar-refractivity contribution in [2.75, 3.05) is 0 Å². The molecule has 0 saturated heterocycles. The van der Waals surface area contributed by atoms with Crippen LogP contribution >= 0.6 is 0 Å². The zero-order valence-electron chi connectivity index (χ0n) is 10.8. The molecule has 2 heterocycles. The lowest BCUT2D eigenvalue weighted by Crippen LogP contribution is -2.22. The summed E-state index contributed by atoms with van der Waals surface area (Å²) in [6.07, 6.45) is 7.99. The van der Waals surface area contributed by atoms with Gasteiger partial charge in [-0.15, -0.1) is 13.2 Å².